The van der Waals surface area contributed by atoms with E-state index in [4.69, 9.17) is 0 Å². The Morgan fingerprint density at radius 1 is 0.944 bits per heavy atom. The van der Waals surface area contributed by atoms with E-state index >= 15 is 0 Å². The first-order chi connectivity index (χ1) is 8.79. The molecule has 0 fully saturated rings. The number of hydrogen-bond donors (Lipinski definition) is 0. The fourth-order valence-corrected chi connectivity index (χ4v) is 2.50. The van der Waals surface area contributed by atoms with Gasteiger partial charge in [-0.1, -0.05) is 46.0 Å². The molecule has 0 saturated heterocycles. The van der Waals surface area contributed by atoms with Crippen molar-refractivity contribution in [3.63, 3.8) is 0 Å². The zero-order chi connectivity index (χ0) is 13.2. The third-order valence-electron chi connectivity index (χ3n) is 3.72. The van der Waals surface area contributed by atoms with Crippen LogP contribution in [0.1, 0.15) is 71.0 Å². The summed E-state index contributed by atoms with van der Waals surface area (Å²) in [5, 5.41) is 0. The van der Waals surface area contributed by atoms with E-state index in [1.807, 2.05) is 0 Å². The van der Waals surface area contributed by atoms with Gasteiger partial charge in [0, 0.05) is 6.42 Å². The Balaban J connectivity index is 2.35. The van der Waals surface area contributed by atoms with Crippen molar-refractivity contribution >= 4 is 0 Å². The predicted molar refractivity (Wildman–Crippen MR) is 77.6 cm³/mol. The lowest BCUT2D eigenvalue weighted by molar-refractivity contribution is -0.678. The summed E-state index contributed by atoms with van der Waals surface area (Å²) in [6.45, 7) is 5.74. The number of aryl methyl sites for hydroxylation is 2. The van der Waals surface area contributed by atoms with Gasteiger partial charge in [-0.15, -0.1) is 0 Å². The molecule has 1 aromatic heterocycles. The van der Waals surface area contributed by atoms with Crippen molar-refractivity contribution in [2.45, 2.75) is 78.2 Å². The van der Waals surface area contributed by atoms with Crippen molar-refractivity contribution in [1.82, 2.24) is 4.57 Å². The van der Waals surface area contributed by atoms with Crippen LogP contribution in [0.25, 0.3) is 0 Å². The van der Waals surface area contributed by atoms with Crippen LogP contribution < -0.4 is 4.57 Å². The summed E-state index contributed by atoms with van der Waals surface area (Å²) < 4.78 is 4.75. The van der Waals surface area contributed by atoms with E-state index in [0.717, 1.165) is 0 Å². The smallest absolute Gasteiger partial charge is 0.237 e. The molecule has 0 unspecified atom stereocenters. The summed E-state index contributed by atoms with van der Waals surface area (Å²) in [4.78, 5) is 0. The highest BCUT2D eigenvalue weighted by Gasteiger charge is 2.13. The maximum absolute atomic E-state index is 2.45. The first-order valence-corrected chi connectivity index (χ1v) is 7.83. The van der Waals surface area contributed by atoms with Crippen LogP contribution in [0.3, 0.4) is 0 Å². The minimum atomic E-state index is 1.19. The third kappa shape index (κ3) is 5.24. The van der Waals surface area contributed by atoms with Crippen LogP contribution in [0.2, 0.25) is 0 Å². The molecule has 1 aromatic rings. The van der Waals surface area contributed by atoms with Crippen molar-refractivity contribution < 1.29 is 4.57 Å². The molecule has 18 heavy (non-hydrogen) atoms. The Labute approximate surface area is 113 Å². The molecule has 0 atom stereocenters. The van der Waals surface area contributed by atoms with Gasteiger partial charge in [-0.3, -0.25) is 0 Å². The fourth-order valence-electron chi connectivity index (χ4n) is 2.50. The first kappa shape index (κ1) is 15.3. The Morgan fingerprint density at radius 3 is 2.33 bits per heavy atom. The van der Waals surface area contributed by atoms with Crippen molar-refractivity contribution in [3.05, 3.63) is 18.2 Å². The van der Waals surface area contributed by atoms with Crippen LogP contribution in [0.5, 0.6) is 0 Å². The lowest BCUT2D eigenvalue weighted by atomic mass is 10.1. The topological polar surface area (TPSA) is 8.81 Å². The Kier molecular flexibility index (Phi) is 7.79. The second-order valence-corrected chi connectivity index (χ2v) is 5.39. The molecule has 0 aromatic carbocycles. The highest BCUT2D eigenvalue weighted by atomic mass is 15.1. The number of aromatic nitrogens is 2. The molecule has 2 heteroatoms. The molecule has 0 amide bonds. The molecule has 1 rings (SSSR count). The van der Waals surface area contributed by atoms with Gasteiger partial charge in [0.1, 0.15) is 12.4 Å². The highest BCUT2D eigenvalue weighted by molar-refractivity contribution is 4.84. The highest BCUT2D eigenvalue weighted by Crippen LogP contribution is 2.08. The van der Waals surface area contributed by atoms with Crippen molar-refractivity contribution in [2.75, 3.05) is 0 Å². The molecular formula is C16H31N2+. The van der Waals surface area contributed by atoms with Gasteiger partial charge in [-0.05, 0) is 19.3 Å². The molecule has 0 aliphatic heterocycles. The summed E-state index contributed by atoms with van der Waals surface area (Å²) in [5.74, 6) is 1.50. The Morgan fingerprint density at radius 2 is 1.61 bits per heavy atom. The second kappa shape index (κ2) is 9.18. The number of imidazole rings is 1. The van der Waals surface area contributed by atoms with Crippen LogP contribution in [0, 0.1) is 0 Å². The SMILES string of the molecule is CCCCCCCc1n(CCCCC)cc[n+]1C. The number of rotatable bonds is 10. The molecule has 104 valence electrons. The van der Waals surface area contributed by atoms with Gasteiger partial charge in [-0.25, -0.2) is 9.13 Å². The van der Waals surface area contributed by atoms with Gasteiger partial charge in [0.15, 0.2) is 0 Å². The largest absolute Gasteiger partial charge is 0.256 e. The van der Waals surface area contributed by atoms with E-state index in [1.54, 1.807) is 0 Å². The standard InChI is InChI=1S/C16H31N2/c1-4-6-8-9-10-12-16-17(3)14-15-18(16)13-11-7-5-2/h14-15H,4-13H2,1-3H3/q+1. The van der Waals surface area contributed by atoms with E-state index in [-0.39, 0.29) is 0 Å². The van der Waals surface area contributed by atoms with Crippen LogP contribution in [-0.4, -0.2) is 4.57 Å². The van der Waals surface area contributed by atoms with E-state index < -0.39 is 0 Å². The number of hydrogen-bond acceptors (Lipinski definition) is 0. The number of nitrogens with zero attached hydrogens (tertiary/aromatic N) is 2. The summed E-state index contributed by atoms with van der Waals surface area (Å²) in [7, 11) is 2.18. The van der Waals surface area contributed by atoms with Crippen molar-refractivity contribution in [2.24, 2.45) is 7.05 Å². The van der Waals surface area contributed by atoms with Gasteiger partial charge in [0.25, 0.3) is 5.82 Å². The molecule has 0 aliphatic rings. The lowest BCUT2D eigenvalue weighted by Gasteiger charge is -2.03. The van der Waals surface area contributed by atoms with Crippen molar-refractivity contribution in [1.29, 1.82) is 0 Å². The van der Waals surface area contributed by atoms with Gasteiger partial charge in [0.2, 0.25) is 0 Å². The molecule has 1 heterocycles. The summed E-state index contributed by atoms with van der Waals surface area (Å²) >= 11 is 0. The molecule has 0 aliphatic carbocycles. The zero-order valence-electron chi connectivity index (χ0n) is 12.6. The predicted octanol–water partition coefficient (Wildman–Crippen LogP) is 4.02. The van der Waals surface area contributed by atoms with Crippen LogP contribution in [-0.2, 0) is 20.0 Å². The lowest BCUT2D eigenvalue weighted by Crippen LogP contribution is -2.32. The molecule has 0 spiro atoms. The molecule has 0 N–H and O–H groups in total. The van der Waals surface area contributed by atoms with E-state index in [9.17, 15) is 0 Å². The van der Waals surface area contributed by atoms with Crippen LogP contribution in [0.15, 0.2) is 12.4 Å². The third-order valence-corrected chi connectivity index (χ3v) is 3.72. The normalized spacial score (nSPS) is 11.1. The van der Waals surface area contributed by atoms with E-state index in [2.05, 4.69) is 42.4 Å². The average Bonchev–Trinajstić information content (AvgIpc) is 2.71. The molecule has 2 nitrogen and oxygen atoms in total. The fraction of sp³-hybridized carbons (Fsp3) is 0.812. The molecule has 0 bridgehead atoms. The Hall–Kier alpha value is -0.790. The minimum absolute atomic E-state index is 1.19. The summed E-state index contributed by atoms with van der Waals surface area (Å²) in [6.07, 6.45) is 16.5. The minimum Gasteiger partial charge on any atom is -0.237 e. The number of unbranched alkanes of at least 4 members (excludes halogenated alkanes) is 6. The van der Waals surface area contributed by atoms with Crippen molar-refractivity contribution in [3.8, 4) is 0 Å². The van der Waals surface area contributed by atoms with Gasteiger partial charge in [0.05, 0.1) is 13.6 Å². The van der Waals surface area contributed by atoms with Crippen LogP contribution in [0.4, 0.5) is 0 Å². The quantitative estimate of drug-likeness (QED) is 0.439. The molecule has 0 radical (unpaired) electrons. The van der Waals surface area contributed by atoms with E-state index in [1.165, 1.54) is 70.2 Å². The van der Waals surface area contributed by atoms with Gasteiger partial charge >= 0.3 is 0 Å². The van der Waals surface area contributed by atoms with Gasteiger partial charge in [-0.2, -0.15) is 0 Å². The average molecular weight is 251 g/mol. The molecular weight excluding hydrogens is 220 g/mol. The van der Waals surface area contributed by atoms with Gasteiger partial charge < -0.3 is 0 Å². The Bertz CT molecular complexity index is 315. The first-order valence-electron chi connectivity index (χ1n) is 7.83. The van der Waals surface area contributed by atoms with E-state index in [0.29, 0.717) is 0 Å². The maximum Gasteiger partial charge on any atom is 0.256 e. The summed E-state index contributed by atoms with van der Waals surface area (Å²) in [5.41, 5.74) is 0. The molecule has 0 saturated carbocycles. The second-order valence-electron chi connectivity index (χ2n) is 5.39. The maximum atomic E-state index is 2.45. The summed E-state index contributed by atoms with van der Waals surface area (Å²) in [6, 6.07) is 0. The monoisotopic (exact) mass is 251 g/mol. The van der Waals surface area contributed by atoms with Crippen LogP contribution >= 0.6 is 0 Å². The zero-order valence-corrected chi connectivity index (χ0v) is 12.6.